The topological polar surface area (TPSA) is 73.8 Å². The second-order valence-corrected chi connectivity index (χ2v) is 8.65. The van der Waals surface area contributed by atoms with Crippen molar-refractivity contribution < 1.29 is 4.79 Å². The van der Waals surface area contributed by atoms with Crippen molar-refractivity contribution >= 4 is 17.7 Å². The predicted octanol–water partition coefficient (Wildman–Crippen LogP) is 4.37. The maximum atomic E-state index is 11.3. The van der Waals surface area contributed by atoms with Gasteiger partial charge in [-0.15, -0.1) is 10.2 Å². The minimum absolute atomic E-state index is 0.0868. The van der Waals surface area contributed by atoms with Crippen molar-refractivity contribution in [3.05, 3.63) is 59.7 Å². The Kier molecular flexibility index (Phi) is 5.89. The fourth-order valence-corrected chi connectivity index (χ4v) is 3.73. The summed E-state index contributed by atoms with van der Waals surface area (Å²) < 4.78 is 2.03. The first-order valence-electron chi connectivity index (χ1n) is 9.37. The lowest BCUT2D eigenvalue weighted by Gasteiger charge is -2.19. The number of primary amides is 1. The maximum Gasteiger partial charge on any atom is 0.227 e. The van der Waals surface area contributed by atoms with Crippen molar-refractivity contribution in [2.75, 3.05) is 5.75 Å². The number of amides is 1. The summed E-state index contributed by atoms with van der Waals surface area (Å²) >= 11 is 1.31. The van der Waals surface area contributed by atoms with Crippen LogP contribution in [0.1, 0.15) is 38.8 Å². The van der Waals surface area contributed by atoms with E-state index in [0.717, 1.165) is 23.5 Å². The first-order chi connectivity index (χ1) is 13.3. The molecule has 0 fully saturated rings. The molecule has 146 valence electrons. The van der Waals surface area contributed by atoms with Gasteiger partial charge in [0, 0.05) is 5.56 Å². The highest BCUT2D eigenvalue weighted by Crippen LogP contribution is 2.31. The van der Waals surface area contributed by atoms with Crippen molar-refractivity contribution in [2.45, 2.75) is 44.7 Å². The van der Waals surface area contributed by atoms with E-state index in [0.29, 0.717) is 5.16 Å². The van der Waals surface area contributed by atoms with E-state index in [2.05, 4.69) is 74.3 Å². The molecular weight excluding hydrogens is 368 g/mol. The fraction of sp³-hybridized carbons (Fsp3) is 0.318. The number of nitrogens with two attached hydrogens (primary N) is 1. The molecule has 1 heterocycles. The number of carbonyl (C=O) groups is 1. The predicted molar refractivity (Wildman–Crippen MR) is 115 cm³/mol. The molecule has 1 aromatic heterocycles. The normalized spacial score (nSPS) is 11.6. The molecule has 2 N–H and O–H groups in total. The molecule has 3 aromatic rings. The Morgan fingerprint density at radius 2 is 1.75 bits per heavy atom. The minimum atomic E-state index is -0.376. The quantitative estimate of drug-likeness (QED) is 0.630. The number of nitrogens with zero attached hydrogens (tertiary/aromatic N) is 3. The van der Waals surface area contributed by atoms with Crippen LogP contribution >= 0.6 is 11.8 Å². The summed E-state index contributed by atoms with van der Waals surface area (Å²) in [5.41, 5.74) is 9.89. The van der Waals surface area contributed by atoms with E-state index in [9.17, 15) is 4.79 Å². The number of aryl methyl sites for hydroxylation is 1. The first kappa shape index (κ1) is 20.1. The van der Waals surface area contributed by atoms with Crippen LogP contribution in [0.2, 0.25) is 0 Å². The van der Waals surface area contributed by atoms with Crippen molar-refractivity contribution in [2.24, 2.45) is 5.73 Å². The lowest BCUT2D eigenvalue weighted by molar-refractivity contribution is -0.115. The number of hydrogen-bond acceptors (Lipinski definition) is 4. The Labute approximate surface area is 170 Å². The first-order valence-corrected chi connectivity index (χ1v) is 10.4. The van der Waals surface area contributed by atoms with Crippen LogP contribution in [-0.2, 0) is 16.6 Å². The van der Waals surface area contributed by atoms with Crippen molar-refractivity contribution in [3.8, 4) is 17.1 Å². The Hall–Kier alpha value is -2.60. The summed E-state index contributed by atoms with van der Waals surface area (Å²) in [5, 5.41) is 9.47. The largest absolute Gasteiger partial charge is 0.369 e. The highest BCUT2D eigenvalue weighted by molar-refractivity contribution is 7.99. The summed E-state index contributed by atoms with van der Waals surface area (Å²) in [5.74, 6) is 0.544. The Morgan fingerprint density at radius 3 is 2.36 bits per heavy atom. The second kappa shape index (κ2) is 8.19. The molecule has 0 aliphatic rings. The van der Waals surface area contributed by atoms with Crippen LogP contribution < -0.4 is 5.73 Å². The lowest BCUT2D eigenvalue weighted by Crippen LogP contribution is -2.14. The van der Waals surface area contributed by atoms with Crippen LogP contribution in [0, 0.1) is 0 Å². The molecule has 0 spiro atoms. The number of rotatable bonds is 6. The zero-order chi connectivity index (χ0) is 20.3. The van der Waals surface area contributed by atoms with Crippen molar-refractivity contribution in [1.82, 2.24) is 14.8 Å². The zero-order valence-electron chi connectivity index (χ0n) is 16.8. The molecule has 0 saturated carbocycles. The Balaban J connectivity index is 2.12. The molecule has 2 aromatic carbocycles. The van der Waals surface area contributed by atoms with E-state index in [1.807, 2.05) is 16.7 Å². The van der Waals surface area contributed by atoms with Gasteiger partial charge in [-0.3, -0.25) is 9.36 Å². The molecule has 5 nitrogen and oxygen atoms in total. The lowest BCUT2D eigenvalue weighted by atomic mass is 9.86. The molecule has 0 saturated heterocycles. The zero-order valence-corrected chi connectivity index (χ0v) is 17.6. The summed E-state index contributed by atoms with van der Waals surface area (Å²) in [4.78, 5) is 11.3. The van der Waals surface area contributed by atoms with Crippen LogP contribution in [0.5, 0.6) is 0 Å². The third kappa shape index (κ3) is 4.28. The Bertz CT molecular complexity index is 971. The van der Waals surface area contributed by atoms with Gasteiger partial charge in [0.25, 0.3) is 0 Å². The molecule has 0 aliphatic heterocycles. The molecular formula is C22H26N4OS. The molecule has 0 atom stereocenters. The van der Waals surface area contributed by atoms with Gasteiger partial charge in [0.15, 0.2) is 11.0 Å². The van der Waals surface area contributed by atoms with Crippen LogP contribution in [0.3, 0.4) is 0 Å². The highest BCUT2D eigenvalue weighted by Gasteiger charge is 2.19. The highest BCUT2D eigenvalue weighted by atomic mass is 32.2. The van der Waals surface area contributed by atoms with E-state index in [4.69, 9.17) is 5.73 Å². The van der Waals surface area contributed by atoms with Gasteiger partial charge in [0.2, 0.25) is 5.91 Å². The summed E-state index contributed by atoms with van der Waals surface area (Å²) in [6.07, 6.45) is 0.886. The maximum absolute atomic E-state index is 11.3. The molecule has 6 heteroatoms. The molecule has 0 unspecified atom stereocenters. The molecule has 3 rings (SSSR count). The molecule has 0 aliphatic carbocycles. The summed E-state index contributed by atoms with van der Waals surface area (Å²) in [6, 6.07) is 16.6. The number of hydrogen-bond donors (Lipinski definition) is 1. The van der Waals surface area contributed by atoms with Crippen molar-refractivity contribution in [1.29, 1.82) is 0 Å². The van der Waals surface area contributed by atoms with Gasteiger partial charge >= 0.3 is 0 Å². The number of benzene rings is 2. The standard InChI is InChI=1S/C22H26N4OS/c1-5-15-8-6-7-9-18(15)26-20(24-25-21(26)28-14-19(23)27)16-10-12-17(13-11-16)22(2,3)4/h6-13H,5,14H2,1-4H3,(H2,23,27). The molecule has 0 bridgehead atoms. The van der Waals surface area contributed by atoms with Crippen LogP contribution in [-0.4, -0.2) is 26.4 Å². The van der Waals surface area contributed by atoms with Gasteiger partial charge in [-0.2, -0.15) is 0 Å². The third-order valence-corrected chi connectivity index (χ3v) is 5.55. The summed E-state index contributed by atoms with van der Waals surface area (Å²) in [7, 11) is 0. The molecule has 0 radical (unpaired) electrons. The smallest absolute Gasteiger partial charge is 0.227 e. The van der Waals surface area contributed by atoms with Gasteiger partial charge in [-0.1, -0.05) is 81.9 Å². The van der Waals surface area contributed by atoms with Crippen LogP contribution in [0.4, 0.5) is 0 Å². The fourth-order valence-electron chi connectivity index (χ4n) is 3.05. The number of para-hydroxylation sites is 1. The molecule has 1 amide bonds. The third-order valence-electron chi connectivity index (χ3n) is 4.60. The van der Waals surface area contributed by atoms with Gasteiger partial charge in [-0.05, 0) is 29.0 Å². The van der Waals surface area contributed by atoms with E-state index in [1.165, 1.54) is 22.9 Å². The summed E-state index contributed by atoms with van der Waals surface area (Å²) in [6.45, 7) is 8.71. The van der Waals surface area contributed by atoms with E-state index >= 15 is 0 Å². The van der Waals surface area contributed by atoms with Gasteiger partial charge < -0.3 is 5.73 Å². The number of carbonyl (C=O) groups excluding carboxylic acids is 1. The molecule has 28 heavy (non-hydrogen) atoms. The SMILES string of the molecule is CCc1ccccc1-n1c(SCC(N)=O)nnc1-c1ccc(C(C)(C)C)cc1. The van der Waals surface area contributed by atoms with E-state index < -0.39 is 0 Å². The Morgan fingerprint density at radius 1 is 1.07 bits per heavy atom. The number of aromatic nitrogens is 3. The number of thioether (sulfide) groups is 1. The van der Waals surface area contributed by atoms with Gasteiger partial charge in [0.1, 0.15) is 0 Å². The van der Waals surface area contributed by atoms with E-state index in [1.54, 1.807) is 0 Å². The van der Waals surface area contributed by atoms with Gasteiger partial charge in [0.05, 0.1) is 11.4 Å². The van der Waals surface area contributed by atoms with Crippen LogP contribution in [0.25, 0.3) is 17.1 Å². The average Bonchev–Trinajstić information content (AvgIpc) is 3.09. The van der Waals surface area contributed by atoms with Crippen LogP contribution in [0.15, 0.2) is 53.7 Å². The van der Waals surface area contributed by atoms with E-state index in [-0.39, 0.29) is 17.1 Å². The van der Waals surface area contributed by atoms with Gasteiger partial charge in [-0.25, -0.2) is 0 Å². The van der Waals surface area contributed by atoms with Crippen molar-refractivity contribution in [3.63, 3.8) is 0 Å². The minimum Gasteiger partial charge on any atom is -0.369 e. The second-order valence-electron chi connectivity index (χ2n) is 7.71. The average molecular weight is 395 g/mol. The monoisotopic (exact) mass is 394 g/mol.